The molecular formula is C23H20N8. The second-order valence-electron chi connectivity index (χ2n) is 7.62. The van der Waals surface area contributed by atoms with Gasteiger partial charge in [0.15, 0.2) is 5.65 Å². The van der Waals surface area contributed by atoms with E-state index in [1.165, 1.54) is 5.56 Å². The van der Waals surface area contributed by atoms with Crippen LogP contribution in [0.2, 0.25) is 0 Å². The lowest BCUT2D eigenvalue weighted by atomic mass is 9.96. The van der Waals surface area contributed by atoms with Crippen LogP contribution in [0.4, 0.5) is 17.5 Å². The van der Waals surface area contributed by atoms with E-state index in [1.807, 2.05) is 31.3 Å². The van der Waals surface area contributed by atoms with Crippen molar-refractivity contribution >= 4 is 23.1 Å². The third kappa shape index (κ3) is 3.00. The van der Waals surface area contributed by atoms with Crippen molar-refractivity contribution < 1.29 is 0 Å². The first-order chi connectivity index (χ1) is 15.3. The molecular weight excluding hydrogens is 388 g/mol. The summed E-state index contributed by atoms with van der Waals surface area (Å²) in [6.45, 7) is 0.783. The minimum Gasteiger partial charge on any atom is -0.370 e. The molecule has 1 aromatic carbocycles. The highest BCUT2D eigenvalue weighted by atomic mass is 15.3. The fourth-order valence-corrected chi connectivity index (χ4v) is 4.12. The molecule has 2 N–H and O–H groups in total. The summed E-state index contributed by atoms with van der Waals surface area (Å²) in [5.74, 6) is 3.78. The average molecular weight is 408 g/mol. The molecule has 0 bridgehead atoms. The fraction of sp³-hybridized carbons (Fsp3) is 0.130. The van der Waals surface area contributed by atoms with Crippen LogP contribution in [0.1, 0.15) is 17.3 Å². The zero-order chi connectivity index (χ0) is 20.8. The number of benzene rings is 1. The summed E-state index contributed by atoms with van der Waals surface area (Å²) < 4.78 is 3.88. The van der Waals surface area contributed by atoms with Crippen molar-refractivity contribution in [2.24, 2.45) is 7.05 Å². The van der Waals surface area contributed by atoms with Gasteiger partial charge in [0.1, 0.15) is 23.3 Å². The van der Waals surface area contributed by atoms with E-state index < -0.39 is 0 Å². The van der Waals surface area contributed by atoms with Gasteiger partial charge in [-0.2, -0.15) is 5.10 Å². The predicted octanol–water partition coefficient (Wildman–Crippen LogP) is 3.83. The first kappa shape index (κ1) is 17.6. The molecule has 0 fully saturated rings. The van der Waals surface area contributed by atoms with Crippen LogP contribution in [-0.4, -0.2) is 35.9 Å². The van der Waals surface area contributed by atoms with Crippen LogP contribution < -0.4 is 10.6 Å². The molecule has 6 rings (SSSR count). The van der Waals surface area contributed by atoms with E-state index in [0.29, 0.717) is 0 Å². The third-order valence-corrected chi connectivity index (χ3v) is 5.70. The van der Waals surface area contributed by atoms with E-state index in [0.717, 1.165) is 46.6 Å². The molecule has 0 saturated heterocycles. The van der Waals surface area contributed by atoms with Gasteiger partial charge in [-0.3, -0.25) is 9.08 Å². The molecule has 1 aliphatic heterocycles. The fourth-order valence-electron chi connectivity index (χ4n) is 4.12. The molecule has 1 atom stereocenters. The molecule has 5 aromatic rings. The molecule has 8 nitrogen and oxygen atoms in total. The van der Waals surface area contributed by atoms with Crippen LogP contribution >= 0.6 is 0 Å². The Kier molecular flexibility index (Phi) is 3.95. The Hall–Kier alpha value is -4.20. The van der Waals surface area contributed by atoms with Crippen molar-refractivity contribution in [3.05, 3.63) is 84.4 Å². The van der Waals surface area contributed by atoms with Crippen molar-refractivity contribution in [3.63, 3.8) is 0 Å². The quantitative estimate of drug-likeness (QED) is 0.470. The minimum absolute atomic E-state index is 0.171. The van der Waals surface area contributed by atoms with Crippen LogP contribution in [0.15, 0.2) is 73.1 Å². The van der Waals surface area contributed by atoms with Crippen molar-refractivity contribution in [2.75, 3.05) is 17.2 Å². The third-order valence-electron chi connectivity index (χ3n) is 5.70. The number of aromatic nitrogens is 6. The highest BCUT2D eigenvalue weighted by Gasteiger charge is 2.26. The Morgan fingerprint density at radius 2 is 1.87 bits per heavy atom. The number of pyridine rings is 2. The summed E-state index contributed by atoms with van der Waals surface area (Å²) >= 11 is 0. The van der Waals surface area contributed by atoms with Gasteiger partial charge < -0.3 is 10.6 Å². The number of anilines is 3. The van der Waals surface area contributed by atoms with E-state index in [9.17, 15) is 0 Å². The number of nitrogens with zero attached hydrogens (tertiary/aromatic N) is 6. The maximum absolute atomic E-state index is 4.53. The van der Waals surface area contributed by atoms with Gasteiger partial charge >= 0.3 is 0 Å². The minimum atomic E-state index is 0.171. The second-order valence-corrected chi connectivity index (χ2v) is 7.62. The number of hydrogen-bond acceptors (Lipinski definition) is 6. The Morgan fingerprint density at radius 3 is 2.71 bits per heavy atom. The standard InChI is InChI=1S/C23H20N8/c1-30-20(8-10-26-30)27-19-11-16(7-9-24-19)17-12-21-25-14-18(15-5-3-2-4-6-15)23-29-28-22(13-17)31(21)23/h2-13,18,25H,14H2,1H3,(H,24,27)/t18-/m1/s1. The topological polar surface area (TPSA) is 85.0 Å². The maximum atomic E-state index is 4.53. The van der Waals surface area contributed by atoms with Crippen LogP contribution in [-0.2, 0) is 7.05 Å². The van der Waals surface area contributed by atoms with E-state index in [-0.39, 0.29) is 5.92 Å². The lowest BCUT2D eigenvalue weighted by Crippen LogP contribution is -2.23. The van der Waals surface area contributed by atoms with Crippen molar-refractivity contribution in [3.8, 4) is 11.1 Å². The van der Waals surface area contributed by atoms with Gasteiger partial charge in [0.05, 0.1) is 12.1 Å². The Morgan fingerprint density at radius 1 is 0.968 bits per heavy atom. The van der Waals surface area contributed by atoms with E-state index in [1.54, 1.807) is 17.1 Å². The summed E-state index contributed by atoms with van der Waals surface area (Å²) in [7, 11) is 1.89. The summed E-state index contributed by atoms with van der Waals surface area (Å²) in [6.07, 6.45) is 3.56. The number of hydrogen-bond donors (Lipinski definition) is 2. The van der Waals surface area contributed by atoms with Crippen LogP contribution in [0, 0.1) is 0 Å². The normalized spacial score (nSPS) is 15.1. The zero-order valence-electron chi connectivity index (χ0n) is 16.9. The molecule has 31 heavy (non-hydrogen) atoms. The molecule has 0 unspecified atom stereocenters. The van der Waals surface area contributed by atoms with Gasteiger partial charge in [0, 0.05) is 25.9 Å². The molecule has 0 aliphatic carbocycles. The predicted molar refractivity (Wildman–Crippen MR) is 119 cm³/mol. The summed E-state index contributed by atoms with van der Waals surface area (Å²) in [4.78, 5) is 4.44. The number of aryl methyl sites for hydroxylation is 1. The van der Waals surface area contributed by atoms with E-state index in [4.69, 9.17) is 0 Å². The average Bonchev–Trinajstić information content (AvgIpc) is 3.42. The summed E-state index contributed by atoms with van der Waals surface area (Å²) in [5, 5.41) is 20.1. The largest absolute Gasteiger partial charge is 0.370 e. The second kappa shape index (κ2) is 6.94. The Labute approximate surface area is 178 Å². The molecule has 5 heterocycles. The molecule has 1 aliphatic rings. The van der Waals surface area contributed by atoms with Gasteiger partial charge in [0.2, 0.25) is 0 Å². The lowest BCUT2D eigenvalue weighted by molar-refractivity contribution is 0.729. The molecule has 152 valence electrons. The van der Waals surface area contributed by atoms with Gasteiger partial charge in [-0.15, -0.1) is 10.2 Å². The first-order valence-electron chi connectivity index (χ1n) is 10.2. The smallest absolute Gasteiger partial charge is 0.163 e. The maximum Gasteiger partial charge on any atom is 0.163 e. The van der Waals surface area contributed by atoms with Crippen molar-refractivity contribution in [1.29, 1.82) is 0 Å². The van der Waals surface area contributed by atoms with Crippen LogP contribution in [0.25, 0.3) is 16.8 Å². The first-order valence-corrected chi connectivity index (χ1v) is 10.2. The van der Waals surface area contributed by atoms with E-state index in [2.05, 4.69) is 71.7 Å². The van der Waals surface area contributed by atoms with Gasteiger partial charge in [-0.05, 0) is 41.0 Å². The number of nitrogens with one attached hydrogen (secondary N) is 2. The Bertz CT molecular complexity index is 1390. The molecule has 4 aromatic heterocycles. The van der Waals surface area contributed by atoms with Gasteiger partial charge in [-0.1, -0.05) is 30.3 Å². The molecule has 0 radical (unpaired) electrons. The monoisotopic (exact) mass is 408 g/mol. The van der Waals surface area contributed by atoms with Gasteiger partial charge in [0.25, 0.3) is 0 Å². The van der Waals surface area contributed by atoms with Crippen LogP contribution in [0.3, 0.4) is 0 Å². The SMILES string of the molecule is Cn1nccc1Nc1cc(-c2cc3n4c(nnc4c2)[C@@H](c2ccccc2)CN3)ccn1. The molecule has 0 saturated carbocycles. The van der Waals surface area contributed by atoms with Crippen LogP contribution in [0.5, 0.6) is 0 Å². The zero-order valence-corrected chi connectivity index (χ0v) is 16.9. The lowest BCUT2D eigenvalue weighted by Gasteiger charge is -2.24. The molecule has 0 amide bonds. The highest BCUT2D eigenvalue weighted by molar-refractivity contribution is 5.74. The Balaban J connectivity index is 1.39. The van der Waals surface area contributed by atoms with Gasteiger partial charge in [-0.25, -0.2) is 4.98 Å². The van der Waals surface area contributed by atoms with Crippen molar-refractivity contribution in [1.82, 2.24) is 29.4 Å². The van der Waals surface area contributed by atoms with Crippen molar-refractivity contribution in [2.45, 2.75) is 5.92 Å². The molecule has 0 spiro atoms. The molecule has 8 heteroatoms. The summed E-state index contributed by atoms with van der Waals surface area (Å²) in [5.41, 5.74) is 4.17. The number of rotatable bonds is 4. The van der Waals surface area contributed by atoms with E-state index >= 15 is 0 Å². The summed E-state index contributed by atoms with van der Waals surface area (Å²) in [6, 6.07) is 20.6. The highest BCUT2D eigenvalue weighted by Crippen LogP contribution is 2.34.